The fourth-order valence-corrected chi connectivity index (χ4v) is 2.89. The molecule has 1 aromatic heterocycles. The van der Waals surface area contributed by atoms with E-state index in [-0.39, 0.29) is 18.1 Å². The van der Waals surface area contributed by atoms with Gasteiger partial charge in [0.2, 0.25) is 5.91 Å². The number of nitrogens with one attached hydrogen (secondary N) is 1. The van der Waals surface area contributed by atoms with Gasteiger partial charge in [0.05, 0.1) is 12.1 Å². The maximum Gasteiger partial charge on any atom is 0.418 e. The highest BCUT2D eigenvalue weighted by Crippen LogP contribution is 2.34. The molecule has 1 aliphatic rings. The molecule has 3 rings (SSSR count). The van der Waals surface area contributed by atoms with Crippen LogP contribution < -0.4 is 10.2 Å². The monoisotopic (exact) mass is 364 g/mol. The molecule has 0 spiro atoms. The number of anilines is 2. The largest absolute Gasteiger partial charge is 0.418 e. The van der Waals surface area contributed by atoms with Crippen LogP contribution in [0.4, 0.5) is 24.7 Å². The van der Waals surface area contributed by atoms with E-state index in [1.54, 1.807) is 11.1 Å². The molecule has 138 valence electrons. The van der Waals surface area contributed by atoms with Crippen molar-refractivity contribution >= 4 is 17.4 Å². The molecule has 5 nitrogen and oxygen atoms in total. The van der Waals surface area contributed by atoms with Crippen LogP contribution in [0.1, 0.15) is 5.56 Å². The smallest absolute Gasteiger partial charge is 0.376 e. The van der Waals surface area contributed by atoms with Gasteiger partial charge in [-0.15, -0.1) is 0 Å². The van der Waals surface area contributed by atoms with Gasteiger partial charge in [0.25, 0.3) is 0 Å². The number of aromatic nitrogens is 1. The van der Waals surface area contributed by atoms with Crippen molar-refractivity contribution in [1.82, 2.24) is 9.88 Å². The second-order valence-electron chi connectivity index (χ2n) is 5.95. The number of carbonyl (C=O) groups is 1. The van der Waals surface area contributed by atoms with Crippen LogP contribution in [0, 0.1) is 0 Å². The summed E-state index contributed by atoms with van der Waals surface area (Å²) < 4.78 is 39.0. The molecular formula is C18H19F3N4O. The van der Waals surface area contributed by atoms with Crippen LogP contribution in [-0.2, 0) is 11.0 Å². The Balaban J connectivity index is 1.54. The van der Waals surface area contributed by atoms with Crippen molar-refractivity contribution < 1.29 is 18.0 Å². The number of hydrogen-bond acceptors (Lipinski definition) is 4. The van der Waals surface area contributed by atoms with Gasteiger partial charge < -0.3 is 15.1 Å². The molecule has 2 heterocycles. The first-order valence-corrected chi connectivity index (χ1v) is 8.29. The lowest BCUT2D eigenvalue weighted by Gasteiger charge is -2.35. The Labute approximate surface area is 149 Å². The molecule has 0 saturated carbocycles. The van der Waals surface area contributed by atoms with Crippen LogP contribution in [0.3, 0.4) is 0 Å². The minimum atomic E-state index is -4.46. The summed E-state index contributed by atoms with van der Waals surface area (Å²) in [7, 11) is 0. The van der Waals surface area contributed by atoms with Crippen molar-refractivity contribution in [3.63, 3.8) is 0 Å². The highest BCUT2D eigenvalue weighted by atomic mass is 19.4. The fraction of sp³-hybridized carbons (Fsp3) is 0.333. The third kappa shape index (κ3) is 4.25. The average Bonchev–Trinajstić information content (AvgIpc) is 2.66. The molecule has 0 aliphatic carbocycles. The highest BCUT2D eigenvalue weighted by molar-refractivity contribution is 5.81. The summed E-state index contributed by atoms with van der Waals surface area (Å²) in [6, 6.07) is 10.8. The van der Waals surface area contributed by atoms with Crippen molar-refractivity contribution in [2.45, 2.75) is 6.18 Å². The number of pyridine rings is 1. The minimum absolute atomic E-state index is 0.0829. The van der Waals surface area contributed by atoms with Gasteiger partial charge in [-0.3, -0.25) is 4.79 Å². The summed E-state index contributed by atoms with van der Waals surface area (Å²) in [5.74, 6) is 0.638. The molecule has 26 heavy (non-hydrogen) atoms. The van der Waals surface area contributed by atoms with Gasteiger partial charge in [0.15, 0.2) is 0 Å². The third-order valence-corrected chi connectivity index (χ3v) is 4.27. The Morgan fingerprint density at radius 3 is 2.38 bits per heavy atom. The maximum absolute atomic E-state index is 13.0. The number of para-hydroxylation sites is 1. The molecule has 1 N–H and O–H groups in total. The first kappa shape index (κ1) is 18.0. The van der Waals surface area contributed by atoms with Crippen molar-refractivity contribution in [3.05, 3.63) is 54.2 Å². The van der Waals surface area contributed by atoms with E-state index in [9.17, 15) is 18.0 Å². The zero-order valence-corrected chi connectivity index (χ0v) is 14.0. The zero-order chi connectivity index (χ0) is 18.6. The molecule has 1 aliphatic heterocycles. The molecule has 0 radical (unpaired) electrons. The lowest BCUT2D eigenvalue weighted by molar-refractivity contribution is -0.137. The first-order chi connectivity index (χ1) is 12.4. The van der Waals surface area contributed by atoms with Crippen LogP contribution in [0.25, 0.3) is 0 Å². The molecule has 1 fully saturated rings. The number of alkyl halides is 3. The summed E-state index contributed by atoms with van der Waals surface area (Å²) in [5, 5.41) is 2.62. The summed E-state index contributed by atoms with van der Waals surface area (Å²) in [6.07, 6.45) is -2.74. The second-order valence-corrected chi connectivity index (χ2v) is 5.95. The number of piperazine rings is 1. The number of rotatable bonds is 4. The van der Waals surface area contributed by atoms with E-state index in [2.05, 4.69) is 15.2 Å². The molecule has 0 bridgehead atoms. The Bertz CT molecular complexity index is 744. The lowest BCUT2D eigenvalue weighted by atomic mass is 10.1. The predicted molar refractivity (Wildman–Crippen MR) is 93.0 cm³/mol. The summed E-state index contributed by atoms with van der Waals surface area (Å²) in [4.78, 5) is 20.3. The van der Waals surface area contributed by atoms with Gasteiger partial charge in [0.1, 0.15) is 5.82 Å². The van der Waals surface area contributed by atoms with E-state index in [1.165, 1.54) is 18.2 Å². The molecule has 2 aromatic rings. The summed E-state index contributed by atoms with van der Waals surface area (Å²) in [5.41, 5.74) is -0.853. The molecule has 8 heteroatoms. The van der Waals surface area contributed by atoms with Gasteiger partial charge in [-0.25, -0.2) is 4.98 Å². The second kappa shape index (κ2) is 7.63. The van der Waals surface area contributed by atoms with E-state index in [4.69, 9.17) is 0 Å². The van der Waals surface area contributed by atoms with Crippen molar-refractivity contribution in [3.8, 4) is 0 Å². The van der Waals surface area contributed by atoms with Crippen LogP contribution in [0.2, 0.25) is 0 Å². The predicted octanol–water partition coefficient (Wildman–Crippen LogP) is 2.86. The first-order valence-electron chi connectivity index (χ1n) is 8.29. The number of carbonyl (C=O) groups excluding carboxylic acids is 1. The number of amides is 1. The van der Waals surface area contributed by atoms with Crippen LogP contribution in [0.5, 0.6) is 0 Å². The number of nitrogens with zero attached hydrogens (tertiary/aromatic N) is 3. The van der Waals surface area contributed by atoms with Gasteiger partial charge in [-0.2, -0.15) is 13.2 Å². The summed E-state index contributed by atoms with van der Waals surface area (Å²) >= 11 is 0. The van der Waals surface area contributed by atoms with Crippen LogP contribution in [0.15, 0.2) is 48.7 Å². The van der Waals surface area contributed by atoms with E-state index < -0.39 is 11.7 Å². The molecule has 0 unspecified atom stereocenters. The van der Waals surface area contributed by atoms with Crippen LogP contribution >= 0.6 is 0 Å². The normalized spacial score (nSPS) is 15.0. The summed E-state index contributed by atoms with van der Waals surface area (Å²) in [6.45, 7) is 2.14. The molecule has 1 saturated heterocycles. The average molecular weight is 364 g/mol. The maximum atomic E-state index is 13.0. The standard InChI is InChI=1S/C18H19F3N4O/c19-18(20,21)14-5-1-2-6-15(14)23-13-17(26)25-11-9-24(10-12-25)16-7-3-4-8-22-16/h1-8,23H,9-13H2. The van der Waals surface area contributed by atoms with Crippen molar-refractivity contribution in [2.24, 2.45) is 0 Å². The van der Waals surface area contributed by atoms with E-state index >= 15 is 0 Å². The van der Waals surface area contributed by atoms with Gasteiger partial charge in [0, 0.05) is 38.1 Å². The molecule has 0 atom stereocenters. The van der Waals surface area contributed by atoms with E-state index in [0.29, 0.717) is 26.2 Å². The molecule has 1 aromatic carbocycles. The van der Waals surface area contributed by atoms with Gasteiger partial charge >= 0.3 is 6.18 Å². The van der Waals surface area contributed by atoms with Crippen molar-refractivity contribution in [2.75, 3.05) is 42.9 Å². The SMILES string of the molecule is O=C(CNc1ccccc1C(F)(F)F)N1CCN(c2ccccn2)CC1. The Morgan fingerprint density at radius 2 is 1.73 bits per heavy atom. The van der Waals surface area contributed by atoms with E-state index in [1.807, 2.05) is 18.2 Å². The Kier molecular flexibility index (Phi) is 5.29. The third-order valence-electron chi connectivity index (χ3n) is 4.27. The quantitative estimate of drug-likeness (QED) is 0.906. The Hall–Kier alpha value is -2.77. The van der Waals surface area contributed by atoms with Gasteiger partial charge in [-0.05, 0) is 24.3 Å². The zero-order valence-electron chi connectivity index (χ0n) is 14.0. The topological polar surface area (TPSA) is 48.5 Å². The van der Waals surface area contributed by atoms with Gasteiger partial charge in [-0.1, -0.05) is 18.2 Å². The van der Waals surface area contributed by atoms with Crippen LogP contribution in [-0.4, -0.2) is 48.5 Å². The Morgan fingerprint density at radius 1 is 1.04 bits per heavy atom. The molecular weight excluding hydrogens is 345 g/mol. The fourth-order valence-electron chi connectivity index (χ4n) is 2.89. The van der Waals surface area contributed by atoms with E-state index in [0.717, 1.165) is 11.9 Å². The molecule has 1 amide bonds. The highest BCUT2D eigenvalue weighted by Gasteiger charge is 2.33. The number of halogens is 3. The lowest BCUT2D eigenvalue weighted by Crippen LogP contribution is -2.50. The number of benzene rings is 1. The number of hydrogen-bond donors (Lipinski definition) is 1. The minimum Gasteiger partial charge on any atom is -0.376 e. The van der Waals surface area contributed by atoms with Crippen molar-refractivity contribution in [1.29, 1.82) is 0 Å².